The van der Waals surface area contributed by atoms with E-state index in [2.05, 4.69) is 5.32 Å². The van der Waals surface area contributed by atoms with Gasteiger partial charge in [-0.2, -0.15) is 0 Å². The normalized spacial score (nSPS) is 26.2. The molecule has 1 N–H and O–H groups in total. The van der Waals surface area contributed by atoms with Crippen molar-refractivity contribution in [3.05, 3.63) is 35.9 Å². The van der Waals surface area contributed by atoms with Crippen molar-refractivity contribution in [2.75, 3.05) is 18.1 Å². The topological polar surface area (TPSA) is 75.7 Å². The Morgan fingerprint density at radius 2 is 1.81 bits per heavy atom. The number of hydrogen-bond donors (Lipinski definition) is 1. The molecular formula is C19H28N2O4S. The second-order valence-corrected chi connectivity index (χ2v) is 10.4. The van der Waals surface area contributed by atoms with Gasteiger partial charge < -0.3 is 15.0 Å². The van der Waals surface area contributed by atoms with Gasteiger partial charge >= 0.3 is 6.09 Å². The largest absolute Gasteiger partial charge is 0.444 e. The maximum atomic E-state index is 12.7. The van der Waals surface area contributed by atoms with Crippen molar-refractivity contribution in [3.8, 4) is 0 Å². The summed E-state index contributed by atoms with van der Waals surface area (Å²) in [5, 5.41) is 3.46. The Balaban J connectivity index is 1.71. The summed E-state index contributed by atoms with van der Waals surface area (Å²) in [4.78, 5) is 14.5. The van der Waals surface area contributed by atoms with Gasteiger partial charge in [0.05, 0.1) is 17.5 Å². The Labute approximate surface area is 155 Å². The lowest BCUT2D eigenvalue weighted by molar-refractivity contribution is 0.00631. The van der Waals surface area contributed by atoms with Gasteiger partial charge in [-0.15, -0.1) is 0 Å². The first-order valence-corrected chi connectivity index (χ1v) is 11.0. The van der Waals surface area contributed by atoms with E-state index < -0.39 is 15.4 Å². The molecule has 0 aromatic heterocycles. The third-order valence-electron chi connectivity index (χ3n) is 4.80. The number of likely N-dealkylation sites (tertiary alicyclic amines) is 1. The number of nitrogens with one attached hydrogen (secondary N) is 1. The van der Waals surface area contributed by atoms with Crippen LogP contribution >= 0.6 is 0 Å². The lowest BCUT2D eigenvalue weighted by Gasteiger charge is -2.42. The summed E-state index contributed by atoms with van der Waals surface area (Å²) in [6, 6.07) is 10.1. The zero-order chi connectivity index (χ0) is 18.9. The predicted octanol–water partition coefficient (Wildman–Crippen LogP) is 2.51. The fraction of sp³-hybridized carbons (Fsp3) is 0.632. The van der Waals surface area contributed by atoms with Crippen molar-refractivity contribution in [1.82, 2.24) is 10.2 Å². The molecule has 3 rings (SSSR count). The molecule has 1 aromatic rings. The van der Waals surface area contributed by atoms with Crippen molar-refractivity contribution in [2.24, 2.45) is 0 Å². The standard InChI is InChI=1S/C19H28N2O4S/c1-19(2,3)25-18(22)21-10-9-15(20-16-12-26(23,24)13-16)11-17(21)14-7-5-4-6-8-14/h4-8,15-17,20H,9-13H2,1-3H3/t15?,17-/m0/s1. The molecule has 1 unspecified atom stereocenters. The third kappa shape index (κ3) is 4.76. The smallest absolute Gasteiger partial charge is 0.410 e. The van der Waals surface area contributed by atoms with Crippen molar-refractivity contribution in [1.29, 1.82) is 0 Å². The van der Waals surface area contributed by atoms with Crippen LogP contribution in [0.4, 0.5) is 4.79 Å². The van der Waals surface area contributed by atoms with Crippen LogP contribution in [0.1, 0.15) is 45.2 Å². The van der Waals surface area contributed by atoms with Crippen molar-refractivity contribution in [3.63, 3.8) is 0 Å². The van der Waals surface area contributed by atoms with Crippen LogP contribution in [0.25, 0.3) is 0 Å². The van der Waals surface area contributed by atoms with Gasteiger partial charge in [0.15, 0.2) is 9.84 Å². The van der Waals surface area contributed by atoms with Gasteiger partial charge in [0.1, 0.15) is 5.60 Å². The lowest BCUT2D eigenvalue weighted by atomic mass is 9.91. The summed E-state index contributed by atoms with van der Waals surface area (Å²) in [6.07, 6.45) is 1.25. The number of sulfone groups is 1. The van der Waals surface area contributed by atoms with E-state index in [0.29, 0.717) is 6.54 Å². The summed E-state index contributed by atoms with van der Waals surface area (Å²) in [6.45, 7) is 6.20. The van der Waals surface area contributed by atoms with Gasteiger partial charge in [-0.25, -0.2) is 13.2 Å². The van der Waals surface area contributed by atoms with Crippen LogP contribution in [-0.4, -0.2) is 55.1 Å². The fourth-order valence-electron chi connectivity index (χ4n) is 3.64. The number of nitrogens with zero attached hydrogens (tertiary/aromatic N) is 1. The first kappa shape index (κ1) is 19.2. The maximum Gasteiger partial charge on any atom is 0.410 e. The van der Waals surface area contributed by atoms with Crippen LogP contribution in [-0.2, 0) is 14.6 Å². The van der Waals surface area contributed by atoms with E-state index in [0.717, 1.165) is 18.4 Å². The molecule has 2 atom stereocenters. The molecule has 0 spiro atoms. The number of amides is 1. The van der Waals surface area contributed by atoms with Gasteiger partial charge in [0.25, 0.3) is 0 Å². The summed E-state index contributed by atoms with van der Waals surface area (Å²) < 4.78 is 28.4. The molecule has 2 fully saturated rings. The maximum absolute atomic E-state index is 12.7. The number of hydrogen-bond acceptors (Lipinski definition) is 5. The molecule has 2 heterocycles. The van der Waals surface area contributed by atoms with Gasteiger partial charge in [-0.05, 0) is 39.2 Å². The Kier molecular flexibility index (Phi) is 5.30. The third-order valence-corrected chi connectivity index (χ3v) is 6.62. The monoisotopic (exact) mass is 380 g/mol. The Bertz CT molecular complexity index is 731. The van der Waals surface area contributed by atoms with Crippen LogP contribution in [0.5, 0.6) is 0 Å². The second kappa shape index (κ2) is 7.19. The van der Waals surface area contributed by atoms with E-state index in [9.17, 15) is 13.2 Å². The molecule has 26 heavy (non-hydrogen) atoms. The summed E-state index contributed by atoms with van der Waals surface area (Å²) in [5.41, 5.74) is 0.541. The van der Waals surface area contributed by atoms with Gasteiger partial charge in [-0.1, -0.05) is 30.3 Å². The average Bonchev–Trinajstić information content (AvgIpc) is 2.52. The number of rotatable bonds is 3. The van der Waals surface area contributed by atoms with E-state index in [-0.39, 0.29) is 35.7 Å². The van der Waals surface area contributed by atoms with E-state index in [1.807, 2.05) is 51.1 Å². The molecule has 0 radical (unpaired) electrons. The molecular weight excluding hydrogens is 352 g/mol. The van der Waals surface area contributed by atoms with Gasteiger partial charge in [0, 0.05) is 18.6 Å². The molecule has 0 bridgehead atoms. The number of benzene rings is 1. The minimum Gasteiger partial charge on any atom is -0.444 e. The molecule has 0 saturated carbocycles. The highest BCUT2D eigenvalue weighted by Gasteiger charge is 2.39. The van der Waals surface area contributed by atoms with Gasteiger partial charge in [-0.3, -0.25) is 0 Å². The molecule has 2 aliphatic rings. The molecule has 0 aliphatic carbocycles. The predicted molar refractivity (Wildman–Crippen MR) is 101 cm³/mol. The Hall–Kier alpha value is -1.60. The highest BCUT2D eigenvalue weighted by molar-refractivity contribution is 7.92. The van der Waals surface area contributed by atoms with Crippen LogP contribution in [0.2, 0.25) is 0 Å². The average molecular weight is 381 g/mol. The fourth-order valence-corrected chi connectivity index (χ4v) is 4.96. The van der Waals surface area contributed by atoms with Crippen molar-refractivity contribution in [2.45, 2.75) is 57.3 Å². The molecule has 144 valence electrons. The molecule has 7 heteroatoms. The quantitative estimate of drug-likeness (QED) is 0.872. The lowest BCUT2D eigenvalue weighted by Crippen LogP contribution is -2.57. The van der Waals surface area contributed by atoms with E-state index >= 15 is 0 Å². The first-order chi connectivity index (χ1) is 12.1. The number of piperidine rings is 1. The van der Waals surface area contributed by atoms with Crippen LogP contribution < -0.4 is 5.32 Å². The SMILES string of the molecule is CC(C)(C)OC(=O)N1CCC(NC2CS(=O)(=O)C2)C[C@H]1c1ccccc1. The number of ether oxygens (including phenoxy) is 1. The first-order valence-electron chi connectivity index (χ1n) is 9.14. The summed E-state index contributed by atoms with van der Waals surface area (Å²) in [7, 11) is -2.84. The summed E-state index contributed by atoms with van der Waals surface area (Å²) >= 11 is 0. The van der Waals surface area contributed by atoms with E-state index in [4.69, 9.17) is 4.74 Å². The highest BCUT2D eigenvalue weighted by Crippen LogP contribution is 2.33. The van der Waals surface area contributed by atoms with Crippen molar-refractivity contribution < 1.29 is 17.9 Å². The van der Waals surface area contributed by atoms with Gasteiger partial charge in [0.2, 0.25) is 0 Å². The van der Waals surface area contributed by atoms with Crippen molar-refractivity contribution >= 4 is 15.9 Å². The van der Waals surface area contributed by atoms with Crippen LogP contribution in [0.15, 0.2) is 30.3 Å². The van der Waals surface area contributed by atoms with Crippen LogP contribution in [0.3, 0.4) is 0 Å². The molecule has 2 saturated heterocycles. The highest BCUT2D eigenvalue weighted by atomic mass is 32.2. The molecule has 1 amide bonds. The number of carbonyl (C=O) groups excluding carboxylic acids is 1. The zero-order valence-electron chi connectivity index (χ0n) is 15.6. The second-order valence-electron chi connectivity index (χ2n) is 8.26. The van der Waals surface area contributed by atoms with E-state index in [1.54, 1.807) is 4.90 Å². The summed E-state index contributed by atoms with van der Waals surface area (Å²) in [5.74, 6) is 0.435. The van der Waals surface area contributed by atoms with Crippen LogP contribution in [0, 0.1) is 0 Å². The Morgan fingerprint density at radius 3 is 2.38 bits per heavy atom. The minimum atomic E-state index is -2.84. The molecule has 6 nitrogen and oxygen atoms in total. The minimum absolute atomic E-state index is 0.0366. The Morgan fingerprint density at radius 1 is 1.15 bits per heavy atom. The number of carbonyl (C=O) groups is 1. The zero-order valence-corrected chi connectivity index (χ0v) is 16.5. The molecule has 1 aromatic carbocycles. The van der Waals surface area contributed by atoms with E-state index in [1.165, 1.54) is 0 Å². The molecule has 2 aliphatic heterocycles.